The number of rotatable bonds is 7. The fourth-order valence-corrected chi connectivity index (χ4v) is 3.81. The van der Waals surface area contributed by atoms with E-state index in [1.54, 1.807) is 0 Å². The Morgan fingerprint density at radius 2 is 2.04 bits per heavy atom. The molecule has 1 aromatic heterocycles. The van der Waals surface area contributed by atoms with E-state index in [9.17, 15) is 14.4 Å². The van der Waals surface area contributed by atoms with Gasteiger partial charge in [-0.15, -0.1) is 0 Å². The van der Waals surface area contributed by atoms with Gasteiger partial charge in [0.1, 0.15) is 5.69 Å². The predicted molar refractivity (Wildman–Crippen MR) is 95.0 cm³/mol. The first-order valence-electron chi connectivity index (χ1n) is 9.08. The maximum absolute atomic E-state index is 13.0. The largest absolute Gasteiger partial charge is 0.481 e. The van der Waals surface area contributed by atoms with Crippen LogP contribution in [0.25, 0.3) is 0 Å². The van der Waals surface area contributed by atoms with E-state index in [1.807, 2.05) is 18.7 Å². The number of aliphatic carboxylic acids is 1. The van der Waals surface area contributed by atoms with Crippen LogP contribution in [-0.4, -0.2) is 45.7 Å². The number of carbonyl (C=O) groups is 3. The van der Waals surface area contributed by atoms with E-state index < -0.39 is 5.97 Å². The second-order valence-corrected chi connectivity index (χ2v) is 6.98. The first-order chi connectivity index (χ1) is 11.8. The highest BCUT2D eigenvalue weighted by Gasteiger charge is 2.29. The zero-order chi connectivity index (χ0) is 18.6. The Kier molecular flexibility index (Phi) is 6.39. The van der Waals surface area contributed by atoms with Crippen LogP contribution in [0.5, 0.6) is 0 Å². The predicted octanol–water partition coefficient (Wildman–Crippen LogP) is 3.20. The van der Waals surface area contributed by atoms with Gasteiger partial charge in [0.15, 0.2) is 5.78 Å². The van der Waals surface area contributed by atoms with Gasteiger partial charge in [-0.1, -0.05) is 13.3 Å². The molecule has 1 unspecified atom stereocenters. The SMILES string of the molecule is CCCc1c(C(=O)N2CCCC(CCC(=O)O)C2)[nH]c(C)c1C(C)=O. The lowest BCUT2D eigenvalue weighted by atomic mass is 9.93. The third-order valence-corrected chi connectivity index (χ3v) is 4.93. The van der Waals surface area contributed by atoms with Crippen LogP contribution >= 0.6 is 0 Å². The van der Waals surface area contributed by atoms with Crippen LogP contribution in [0, 0.1) is 12.8 Å². The van der Waals surface area contributed by atoms with Crippen molar-refractivity contribution >= 4 is 17.7 Å². The number of ketones is 1. The normalized spacial score (nSPS) is 17.6. The summed E-state index contributed by atoms with van der Waals surface area (Å²) in [5.74, 6) is -0.653. The summed E-state index contributed by atoms with van der Waals surface area (Å²) in [4.78, 5) is 40.7. The van der Waals surface area contributed by atoms with Crippen molar-refractivity contribution in [2.75, 3.05) is 13.1 Å². The van der Waals surface area contributed by atoms with Crippen molar-refractivity contribution in [1.29, 1.82) is 0 Å². The molecule has 0 saturated carbocycles. The van der Waals surface area contributed by atoms with E-state index in [2.05, 4.69) is 4.98 Å². The van der Waals surface area contributed by atoms with Crippen molar-refractivity contribution in [3.05, 3.63) is 22.5 Å². The number of aryl methyl sites for hydroxylation is 1. The zero-order valence-electron chi connectivity index (χ0n) is 15.4. The van der Waals surface area contributed by atoms with Crippen LogP contribution in [-0.2, 0) is 11.2 Å². The van der Waals surface area contributed by atoms with Crippen LogP contribution in [0.2, 0.25) is 0 Å². The number of hydrogen-bond acceptors (Lipinski definition) is 3. The molecule has 2 heterocycles. The summed E-state index contributed by atoms with van der Waals surface area (Å²) in [6.45, 7) is 6.67. The van der Waals surface area contributed by atoms with Crippen LogP contribution in [0.4, 0.5) is 0 Å². The number of likely N-dealkylation sites (tertiary alicyclic amines) is 1. The number of carbonyl (C=O) groups excluding carboxylic acids is 2. The summed E-state index contributed by atoms with van der Waals surface area (Å²) in [6, 6.07) is 0. The molecule has 0 radical (unpaired) electrons. The number of carboxylic acid groups (broad SMARTS) is 1. The number of amides is 1. The quantitative estimate of drug-likeness (QED) is 0.740. The van der Waals surface area contributed by atoms with Crippen LogP contribution in [0.1, 0.15) is 78.1 Å². The minimum Gasteiger partial charge on any atom is -0.481 e. The molecule has 6 nitrogen and oxygen atoms in total. The number of carboxylic acids is 1. The molecular weight excluding hydrogens is 320 g/mol. The van der Waals surface area contributed by atoms with E-state index in [-0.39, 0.29) is 24.0 Å². The number of hydrogen-bond donors (Lipinski definition) is 2. The lowest BCUT2D eigenvalue weighted by Gasteiger charge is -2.32. The fraction of sp³-hybridized carbons (Fsp3) is 0.632. The van der Waals surface area contributed by atoms with Gasteiger partial charge in [0, 0.05) is 30.8 Å². The molecule has 1 atom stereocenters. The molecule has 138 valence electrons. The number of H-pyrrole nitrogens is 1. The number of aromatic amines is 1. The highest BCUT2D eigenvalue weighted by Crippen LogP contribution is 2.26. The van der Waals surface area contributed by atoms with Gasteiger partial charge in [0.2, 0.25) is 0 Å². The monoisotopic (exact) mass is 348 g/mol. The van der Waals surface area contributed by atoms with Crippen molar-refractivity contribution in [3.63, 3.8) is 0 Å². The minimum atomic E-state index is -0.792. The van der Waals surface area contributed by atoms with Crippen LogP contribution in [0.15, 0.2) is 0 Å². The van der Waals surface area contributed by atoms with Crippen molar-refractivity contribution < 1.29 is 19.5 Å². The summed E-state index contributed by atoms with van der Waals surface area (Å²) in [5.41, 5.74) is 2.75. The number of aromatic nitrogens is 1. The van der Waals surface area contributed by atoms with Gasteiger partial charge in [0.25, 0.3) is 5.91 Å². The summed E-state index contributed by atoms with van der Waals surface area (Å²) < 4.78 is 0. The topological polar surface area (TPSA) is 90.5 Å². The fourth-order valence-electron chi connectivity index (χ4n) is 3.81. The molecule has 25 heavy (non-hydrogen) atoms. The van der Waals surface area contributed by atoms with E-state index in [1.165, 1.54) is 6.92 Å². The molecule has 0 aliphatic carbocycles. The molecule has 1 saturated heterocycles. The van der Waals surface area contributed by atoms with Crippen molar-refractivity contribution in [3.8, 4) is 0 Å². The second kappa shape index (κ2) is 8.32. The molecule has 0 aromatic carbocycles. The maximum atomic E-state index is 13.0. The van der Waals surface area contributed by atoms with Gasteiger partial charge < -0.3 is 15.0 Å². The Balaban J connectivity index is 2.20. The lowest BCUT2D eigenvalue weighted by molar-refractivity contribution is -0.137. The Labute approximate surface area is 148 Å². The minimum absolute atomic E-state index is 0.0192. The van der Waals surface area contributed by atoms with Crippen molar-refractivity contribution in [2.45, 2.75) is 59.3 Å². The summed E-state index contributed by atoms with van der Waals surface area (Å²) >= 11 is 0. The van der Waals surface area contributed by atoms with Crippen LogP contribution in [0.3, 0.4) is 0 Å². The average molecular weight is 348 g/mol. The molecule has 1 aliphatic heterocycles. The third-order valence-electron chi connectivity index (χ3n) is 4.93. The maximum Gasteiger partial charge on any atom is 0.303 e. The lowest BCUT2D eigenvalue weighted by Crippen LogP contribution is -2.40. The second-order valence-electron chi connectivity index (χ2n) is 6.98. The number of piperidine rings is 1. The molecule has 6 heteroatoms. The molecule has 0 bridgehead atoms. The standard InChI is InChI=1S/C19H28N2O4/c1-4-6-15-17(13(3)22)12(2)20-18(15)19(25)21-10-5-7-14(11-21)8-9-16(23)24/h14,20H,4-11H2,1-3H3,(H,23,24). The highest BCUT2D eigenvalue weighted by molar-refractivity contribution is 6.02. The van der Waals surface area contributed by atoms with E-state index >= 15 is 0 Å². The number of nitrogens with zero attached hydrogens (tertiary/aromatic N) is 1. The molecule has 1 amide bonds. The number of Topliss-reactive ketones (excluding diaryl/α,β-unsaturated/α-hetero) is 1. The van der Waals surface area contributed by atoms with Gasteiger partial charge >= 0.3 is 5.97 Å². The molecule has 1 fully saturated rings. The van der Waals surface area contributed by atoms with Crippen LogP contribution < -0.4 is 0 Å². The molecule has 2 N–H and O–H groups in total. The molecule has 1 aromatic rings. The van der Waals surface area contributed by atoms with Crippen molar-refractivity contribution in [2.24, 2.45) is 5.92 Å². The first kappa shape index (κ1) is 19.2. The average Bonchev–Trinajstić information content (AvgIpc) is 2.89. The summed E-state index contributed by atoms with van der Waals surface area (Å²) in [7, 11) is 0. The first-order valence-corrected chi connectivity index (χ1v) is 9.08. The van der Waals surface area contributed by atoms with Gasteiger partial charge in [0.05, 0.1) is 0 Å². The van der Waals surface area contributed by atoms with Gasteiger partial charge in [-0.3, -0.25) is 14.4 Å². The Morgan fingerprint density at radius 3 is 2.64 bits per heavy atom. The third kappa shape index (κ3) is 4.50. The van der Waals surface area contributed by atoms with E-state index in [0.717, 1.165) is 30.5 Å². The Bertz CT molecular complexity index is 663. The van der Waals surface area contributed by atoms with Crippen molar-refractivity contribution in [1.82, 2.24) is 9.88 Å². The molecule has 2 rings (SSSR count). The van der Waals surface area contributed by atoms with E-state index in [4.69, 9.17) is 5.11 Å². The highest BCUT2D eigenvalue weighted by atomic mass is 16.4. The zero-order valence-corrected chi connectivity index (χ0v) is 15.4. The number of nitrogens with one attached hydrogen (secondary N) is 1. The Hall–Kier alpha value is -2.11. The molecule has 1 aliphatic rings. The smallest absolute Gasteiger partial charge is 0.303 e. The summed E-state index contributed by atoms with van der Waals surface area (Å²) in [5, 5.41) is 8.86. The molecular formula is C19H28N2O4. The van der Waals surface area contributed by atoms with Gasteiger partial charge in [-0.25, -0.2) is 0 Å². The summed E-state index contributed by atoms with van der Waals surface area (Å²) in [6.07, 6.45) is 4.14. The van der Waals surface area contributed by atoms with E-state index in [0.29, 0.717) is 37.2 Å². The Morgan fingerprint density at radius 1 is 1.32 bits per heavy atom. The molecule has 0 spiro atoms. The van der Waals surface area contributed by atoms with Gasteiger partial charge in [-0.05, 0) is 51.0 Å². The van der Waals surface area contributed by atoms with Gasteiger partial charge in [-0.2, -0.15) is 0 Å².